The maximum Gasteiger partial charge on any atom is 0.308 e. The third kappa shape index (κ3) is 3.48. The standard InChI is InChI=1S/C11H20N2O3/c1-4-13-6-5-12-9(11(13)15)7-10(14)16-8(2)3/h8-9,12H,4-7H2,1-3H3. The number of nitrogens with zero attached hydrogens (tertiary/aromatic N) is 1. The SMILES string of the molecule is CCN1CCNC(CC(=O)OC(C)C)C1=O. The average molecular weight is 228 g/mol. The topological polar surface area (TPSA) is 58.6 Å². The fraction of sp³-hybridized carbons (Fsp3) is 0.818. The van der Waals surface area contributed by atoms with Crippen LogP contribution in [0.2, 0.25) is 0 Å². The number of carbonyl (C=O) groups is 2. The van der Waals surface area contributed by atoms with Crippen LogP contribution in [0.3, 0.4) is 0 Å². The predicted octanol–water partition coefficient (Wildman–Crippen LogP) is 0.148. The van der Waals surface area contributed by atoms with Crippen molar-refractivity contribution >= 4 is 11.9 Å². The first-order chi connectivity index (χ1) is 7.54. The number of ether oxygens (including phenoxy) is 1. The first-order valence-corrected chi connectivity index (χ1v) is 5.76. The molecule has 0 aliphatic carbocycles. The van der Waals surface area contributed by atoms with Gasteiger partial charge in [-0.25, -0.2) is 0 Å². The Kier molecular flexibility index (Phi) is 4.73. The van der Waals surface area contributed by atoms with Crippen molar-refractivity contribution in [3.8, 4) is 0 Å². The molecule has 92 valence electrons. The van der Waals surface area contributed by atoms with Crippen LogP contribution in [0.15, 0.2) is 0 Å². The summed E-state index contributed by atoms with van der Waals surface area (Å²) in [5.41, 5.74) is 0. The molecule has 0 bridgehead atoms. The molecule has 1 N–H and O–H groups in total. The molecule has 1 rings (SSSR count). The third-order valence-electron chi connectivity index (χ3n) is 2.50. The summed E-state index contributed by atoms with van der Waals surface area (Å²) in [6, 6.07) is -0.417. The molecule has 0 aromatic carbocycles. The normalized spacial score (nSPS) is 21.4. The number of likely N-dealkylation sites (N-methyl/N-ethyl adjacent to an activating group) is 1. The summed E-state index contributed by atoms with van der Waals surface area (Å²) in [6.45, 7) is 7.67. The fourth-order valence-corrected chi connectivity index (χ4v) is 1.74. The number of carbonyl (C=O) groups excluding carboxylic acids is 2. The monoisotopic (exact) mass is 228 g/mol. The Labute approximate surface area is 96.1 Å². The van der Waals surface area contributed by atoms with Crippen molar-refractivity contribution in [1.82, 2.24) is 10.2 Å². The van der Waals surface area contributed by atoms with E-state index in [1.165, 1.54) is 0 Å². The van der Waals surface area contributed by atoms with Gasteiger partial charge < -0.3 is 15.0 Å². The summed E-state index contributed by atoms with van der Waals surface area (Å²) >= 11 is 0. The molecular weight excluding hydrogens is 208 g/mol. The first-order valence-electron chi connectivity index (χ1n) is 5.76. The van der Waals surface area contributed by atoms with Gasteiger partial charge in [0, 0.05) is 19.6 Å². The number of amides is 1. The van der Waals surface area contributed by atoms with Crippen LogP contribution in [0, 0.1) is 0 Å². The van der Waals surface area contributed by atoms with Gasteiger partial charge >= 0.3 is 5.97 Å². The zero-order valence-electron chi connectivity index (χ0n) is 10.2. The van der Waals surface area contributed by atoms with Crippen molar-refractivity contribution in [2.75, 3.05) is 19.6 Å². The Morgan fingerprint density at radius 3 is 2.88 bits per heavy atom. The molecule has 0 aromatic heterocycles. The van der Waals surface area contributed by atoms with Crippen molar-refractivity contribution in [3.63, 3.8) is 0 Å². The Morgan fingerprint density at radius 1 is 1.62 bits per heavy atom. The van der Waals surface area contributed by atoms with Gasteiger partial charge in [-0.1, -0.05) is 0 Å². The van der Waals surface area contributed by atoms with E-state index < -0.39 is 6.04 Å². The molecule has 0 aromatic rings. The van der Waals surface area contributed by atoms with E-state index in [-0.39, 0.29) is 24.4 Å². The third-order valence-corrected chi connectivity index (χ3v) is 2.50. The lowest BCUT2D eigenvalue weighted by Crippen LogP contribution is -2.55. The highest BCUT2D eigenvalue weighted by Gasteiger charge is 2.29. The molecule has 5 heteroatoms. The van der Waals surface area contributed by atoms with Crippen molar-refractivity contribution < 1.29 is 14.3 Å². The number of piperazine rings is 1. The maximum atomic E-state index is 11.8. The zero-order chi connectivity index (χ0) is 12.1. The summed E-state index contributed by atoms with van der Waals surface area (Å²) in [5.74, 6) is -0.326. The van der Waals surface area contributed by atoms with Crippen LogP contribution in [0.5, 0.6) is 0 Å². The number of esters is 1. The summed E-state index contributed by atoms with van der Waals surface area (Å²) in [7, 11) is 0. The van der Waals surface area contributed by atoms with Crippen molar-refractivity contribution in [3.05, 3.63) is 0 Å². The largest absolute Gasteiger partial charge is 0.463 e. The Morgan fingerprint density at radius 2 is 2.31 bits per heavy atom. The number of rotatable bonds is 4. The predicted molar refractivity (Wildman–Crippen MR) is 59.9 cm³/mol. The molecule has 1 heterocycles. The van der Waals surface area contributed by atoms with E-state index in [4.69, 9.17) is 4.74 Å². The second kappa shape index (κ2) is 5.84. The van der Waals surface area contributed by atoms with Crippen molar-refractivity contribution in [1.29, 1.82) is 0 Å². The van der Waals surface area contributed by atoms with Gasteiger partial charge in [0.25, 0.3) is 0 Å². The average Bonchev–Trinajstić information content (AvgIpc) is 2.20. The summed E-state index contributed by atoms with van der Waals surface area (Å²) < 4.78 is 5.02. The number of hydrogen-bond donors (Lipinski definition) is 1. The van der Waals surface area contributed by atoms with E-state index in [0.29, 0.717) is 13.1 Å². The molecule has 0 radical (unpaired) electrons. The zero-order valence-corrected chi connectivity index (χ0v) is 10.2. The van der Waals surface area contributed by atoms with Crippen LogP contribution < -0.4 is 5.32 Å². The van der Waals surface area contributed by atoms with Crippen molar-refractivity contribution in [2.24, 2.45) is 0 Å². The smallest absolute Gasteiger partial charge is 0.308 e. The van der Waals surface area contributed by atoms with Crippen LogP contribution in [0.1, 0.15) is 27.2 Å². The second-order valence-electron chi connectivity index (χ2n) is 4.17. The lowest BCUT2D eigenvalue weighted by atomic mass is 10.1. The summed E-state index contributed by atoms with van der Waals surface area (Å²) in [6.07, 6.45) is -0.0125. The molecular formula is C11H20N2O3. The molecule has 1 aliphatic rings. The molecule has 1 amide bonds. The second-order valence-corrected chi connectivity index (χ2v) is 4.17. The van der Waals surface area contributed by atoms with Crippen molar-refractivity contribution in [2.45, 2.75) is 39.3 Å². The van der Waals surface area contributed by atoms with Gasteiger partial charge in [0.15, 0.2) is 0 Å². The Balaban J connectivity index is 2.47. The highest BCUT2D eigenvalue weighted by molar-refractivity contribution is 5.87. The quantitative estimate of drug-likeness (QED) is 0.696. The van der Waals surface area contributed by atoms with Crippen LogP contribution >= 0.6 is 0 Å². The lowest BCUT2D eigenvalue weighted by Gasteiger charge is -2.32. The molecule has 0 spiro atoms. The van der Waals surface area contributed by atoms with Crippen LogP contribution in [0.4, 0.5) is 0 Å². The minimum absolute atomic E-state index is 0.00513. The molecule has 1 aliphatic heterocycles. The Hall–Kier alpha value is -1.10. The summed E-state index contributed by atoms with van der Waals surface area (Å²) in [5, 5.41) is 3.05. The van der Waals surface area contributed by atoms with Gasteiger partial charge in [-0.15, -0.1) is 0 Å². The highest BCUT2D eigenvalue weighted by Crippen LogP contribution is 2.06. The van der Waals surface area contributed by atoms with Gasteiger partial charge in [0.2, 0.25) is 5.91 Å². The number of hydrogen-bond acceptors (Lipinski definition) is 4. The van der Waals surface area contributed by atoms with Gasteiger partial charge in [-0.3, -0.25) is 9.59 Å². The van der Waals surface area contributed by atoms with Gasteiger partial charge in [-0.2, -0.15) is 0 Å². The molecule has 1 unspecified atom stereocenters. The van der Waals surface area contributed by atoms with E-state index in [1.54, 1.807) is 18.7 Å². The lowest BCUT2D eigenvalue weighted by molar-refractivity contribution is -0.151. The fourth-order valence-electron chi connectivity index (χ4n) is 1.74. The van der Waals surface area contributed by atoms with Crippen LogP contribution in [-0.2, 0) is 14.3 Å². The maximum absolute atomic E-state index is 11.8. The van der Waals surface area contributed by atoms with E-state index in [9.17, 15) is 9.59 Å². The molecule has 1 saturated heterocycles. The molecule has 0 saturated carbocycles. The van der Waals surface area contributed by atoms with E-state index in [1.807, 2.05) is 6.92 Å². The van der Waals surface area contributed by atoms with E-state index >= 15 is 0 Å². The Bertz CT molecular complexity index is 266. The van der Waals surface area contributed by atoms with Crippen LogP contribution in [0.25, 0.3) is 0 Å². The van der Waals surface area contributed by atoms with Gasteiger partial charge in [0.1, 0.15) is 0 Å². The van der Waals surface area contributed by atoms with E-state index in [0.717, 1.165) is 6.54 Å². The molecule has 1 fully saturated rings. The first kappa shape index (κ1) is 13.0. The molecule has 1 atom stereocenters. The minimum Gasteiger partial charge on any atom is -0.463 e. The summed E-state index contributed by atoms with van der Waals surface area (Å²) in [4.78, 5) is 25.0. The molecule has 5 nitrogen and oxygen atoms in total. The number of nitrogens with one attached hydrogen (secondary N) is 1. The van der Waals surface area contributed by atoms with Crippen LogP contribution in [-0.4, -0.2) is 48.6 Å². The van der Waals surface area contributed by atoms with E-state index in [2.05, 4.69) is 5.32 Å². The molecule has 16 heavy (non-hydrogen) atoms. The minimum atomic E-state index is -0.417. The van der Waals surface area contributed by atoms with Gasteiger partial charge in [0.05, 0.1) is 18.6 Å². The van der Waals surface area contributed by atoms with Gasteiger partial charge in [-0.05, 0) is 20.8 Å². The highest BCUT2D eigenvalue weighted by atomic mass is 16.5.